The molecule has 1 atom stereocenters. The van der Waals surface area contributed by atoms with E-state index < -0.39 is 12.7 Å². The van der Waals surface area contributed by atoms with E-state index in [1.54, 1.807) is 0 Å². The van der Waals surface area contributed by atoms with Gasteiger partial charge >= 0.3 is 0 Å². The highest BCUT2D eigenvalue weighted by molar-refractivity contribution is 5.55. The fraction of sp³-hybridized carbons (Fsp3) is 0.400. The molecular weight excluding hydrogens is 108 g/mol. The van der Waals surface area contributed by atoms with Crippen molar-refractivity contribution in [2.75, 3.05) is 6.61 Å². The number of hydrogen-bond donors (Lipinski definition) is 2. The monoisotopic (exact) mass is 116 g/mol. The van der Waals surface area contributed by atoms with E-state index in [1.807, 2.05) is 0 Å². The van der Waals surface area contributed by atoms with Crippen LogP contribution in [0.15, 0.2) is 0 Å². The van der Waals surface area contributed by atoms with Gasteiger partial charge in [-0.2, -0.15) is 0 Å². The molecule has 8 heavy (non-hydrogen) atoms. The molecule has 0 aliphatic heterocycles. The Labute approximate surface area is 48.0 Å². The van der Waals surface area contributed by atoms with Crippen molar-refractivity contribution in [2.24, 2.45) is 0 Å². The second-order valence-corrected chi connectivity index (χ2v) is 0.886. The quantitative estimate of drug-likeness (QED) is 0.351. The third-order valence-electron chi connectivity index (χ3n) is 0.344. The van der Waals surface area contributed by atoms with Gasteiger partial charge in [-0.15, -0.1) is 12.8 Å². The molecular formula is C5H8O3. The summed E-state index contributed by atoms with van der Waals surface area (Å²) in [5.41, 5.74) is 0. The molecule has 0 saturated carbocycles. The van der Waals surface area contributed by atoms with Gasteiger partial charge in [-0.25, -0.2) is 0 Å². The summed E-state index contributed by atoms with van der Waals surface area (Å²) in [6.45, 7) is -0.483. The first-order valence-electron chi connectivity index (χ1n) is 1.89. The second kappa shape index (κ2) is 9.47. The van der Waals surface area contributed by atoms with Gasteiger partial charge in [0.15, 0.2) is 6.29 Å². The molecule has 0 spiro atoms. The van der Waals surface area contributed by atoms with Crippen molar-refractivity contribution in [1.29, 1.82) is 0 Å². The summed E-state index contributed by atoms with van der Waals surface area (Å²) in [7, 11) is 0. The van der Waals surface area contributed by atoms with Crippen LogP contribution >= 0.6 is 0 Å². The van der Waals surface area contributed by atoms with Crippen molar-refractivity contribution in [2.45, 2.75) is 6.10 Å². The number of carbonyl (C=O) groups excluding carboxylic acids is 1. The Kier molecular flexibility index (Phi) is 12.1. The first kappa shape index (κ1) is 10.2. The number of carbonyl (C=O) groups is 1. The minimum absolute atomic E-state index is 0.278. The molecule has 0 radical (unpaired) electrons. The highest BCUT2D eigenvalue weighted by Crippen LogP contribution is 1.66. The predicted octanol–water partition coefficient (Wildman–Crippen LogP) is -1.21. The van der Waals surface area contributed by atoms with Crippen LogP contribution in [0.4, 0.5) is 0 Å². The lowest BCUT2D eigenvalue weighted by Gasteiger charge is -1.89. The number of aliphatic hydroxyl groups excluding tert-OH is 2. The number of aldehydes is 1. The summed E-state index contributed by atoms with van der Waals surface area (Å²) in [5, 5.41) is 15.9. The zero-order valence-electron chi connectivity index (χ0n) is 4.32. The van der Waals surface area contributed by atoms with Gasteiger partial charge < -0.3 is 15.0 Å². The van der Waals surface area contributed by atoms with E-state index in [-0.39, 0.29) is 6.29 Å². The molecule has 1 unspecified atom stereocenters. The molecule has 3 nitrogen and oxygen atoms in total. The van der Waals surface area contributed by atoms with Gasteiger partial charge in [-0.1, -0.05) is 0 Å². The summed E-state index contributed by atoms with van der Waals surface area (Å²) in [6, 6.07) is 0. The van der Waals surface area contributed by atoms with E-state index >= 15 is 0 Å². The van der Waals surface area contributed by atoms with Crippen molar-refractivity contribution in [3.8, 4) is 12.8 Å². The van der Waals surface area contributed by atoms with E-state index in [0.29, 0.717) is 0 Å². The minimum atomic E-state index is -1.19. The lowest BCUT2D eigenvalue weighted by Crippen LogP contribution is -2.12. The maximum absolute atomic E-state index is 9.33. The largest absolute Gasteiger partial charge is 0.393 e. The standard InChI is InChI=1S/C3H6O3.C2H2/c4-1-3(6)2-5;1-2/h1,3,5-6H,2H2;1-2H. The molecule has 0 rings (SSSR count). The van der Waals surface area contributed by atoms with Crippen molar-refractivity contribution < 1.29 is 15.0 Å². The fourth-order valence-corrected chi connectivity index (χ4v) is 0.0430. The first-order valence-corrected chi connectivity index (χ1v) is 1.89. The molecule has 46 valence electrons. The van der Waals surface area contributed by atoms with Crippen LogP contribution in [0.25, 0.3) is 0 Å². The average Bonchev–Trinajstić information content (AvgIpc) is 1.91. The van der Waals surface area contributed by atoms with E-state index in [1.165, 1.54) is 0 Å². The Balaban J connectivity index is 0. The molecule has 0 aliphatic carbocycles. The van der Waals surface area contributed by atoms with Crippen LogP contribution < -0.4 is 0 Å². The molecule has 0 aromatic rings. The number of terminal acetylenes is 1. The molecule has 0 saturated heterocycles. The smallest absolute Gasteiger partial charge is 0.150 e. The maximum Gasteiger partial charge on any atom is 0.150 e. The number of hydrogen-bond acceptors (Lipinski definition) is 3. The zero-order chi connectivity index (χ0) is 6.99. The van der Waals surface area contributed by atoms with Crippen LogP contribution in [0.5, 0.6) is 0 Å². The van der Waals surface area contributed by atoms with Crippen molar-refractivity contribution in [3.63, 3.8) is 0 Å². The molecule has 2 N–H and O–H groups in total. The summed E-state index contributed by atoms with van der Waals surface area (Å²) in [5.74, 6) is 0. The molecule has 0 aromatic heterocycles. The summed E-state index contributed by atoms with van der Waals surface area (Å²) >= 11 is 0. The molecule has 0 fully saturated rings. The van der Waals surface area contributed by atoms with Gasteiger partial charge in [0.25, 0.3) is 0 Å². The maximum atomic E-state index is 9.33. The highest BCUT2D eigenvalue weighted by atomic mass is 16.3. The fourth-order valence-electron chi connectivity index (χ4n) is 0.0430. The van der Waals surface area contributed by atoms with Gasteiger partial charge in [-0.3, -0.25) is 0 Å². The topological polar surface area (TPSA) is 57.5 Å². The average molecular weight is 116 g/mol. The molecule has 0 heterocycles. The van der Waals surface area contributed by atoms with Gasteiger partial charge in [0.2, 0.25) is 0 Å². The van der Waals surface area contributed by atoms with Crippen molar-refractivity contribution >= 4 is 6.29 Å². The SMILES string of the molecule is C#C.O=CC(O)CO. The molecule has 0 aromatic carbocycles. The van der Waals surface area contributed by atoms with E-state index in [2.05, 4.69) is 12.8 Å². The van der Waals surface area contributed by atoms with E-state index in [0.717, 1.165) is 0 Å². The predicted molar refractivity (Wildman–Crippen MR) is 29.0 cm³/mol. The Bertz CT molecular complexity index is 67.3. The number of aliphatic hydroxyl groups is 2. The van der Waals surface area contributed by atoms with Crippen LogP contribution in [-0.4, -0.2) is 29.2 Å². The zero-order valence-corrected chi connectivity index (χ0v) is 4.32. The normalized spacial score (nSPS) is 10.5. The second-order valence-electron chi connectivity index (χ2n) is 0.886. The third-order valence-corrected chi connectivity index (χ3v) is 0.344. The molecule has 0 amide bonds. The number of rotatable bonds is 2. The van der Waals surface area contributed by atoms with Gasteiger partial charge in [0.05, 0.1) is 6.61 Å². The van der Waals surface area contributed by atoms with Crippen LogP contribution in [-0.2, 0) is 4.79 Å². The lowest BCUT2D eigenvalue weighted by atomic mass is 10.4. The van der Waals surface area contributed by atoms with Crippen LogP contribution in [0, 0.1) is 12.8 Å². The van der Waals surface area contributed by atoms with Gasteiger partial charge in [-0.05, 0) is 0 Å². The van der Waals surface area contributed by atoms with E-state index in [9.17, 15) is 4.79 Å². The first-order chi connectivity index (χ1) is 3.81. The van der Waals surface area contributed by atoms with Crippen LogP contribution in [0.2, 0.25) is 0 Å². The van der Waals surface area contributed by atoms with Crippen molar-refractivity contribution in [3.05, 3.63) is 0 Å². The highest BCUT2D eigenvalue weighted by Gasteiger charge is 1.92. The van der Waals surface area contributed by atoms with Crippen LogP contribution in [0.1, 0.15) is 0 Å². The Hall–Kier alpha value is -0.850. The van der Waals surface area contributed by atoms with Gasteiger partial charge in [0, 0.05) is 0 Å². The minimum Gasteiger partial charge on any atom is -0.393 e. The molecule has 3 heteroatoms. The molecule has 0 bridgehead atoms. The lowest BCUT2D eigenvalue weighted by molar-refractivity contribution is -0.116. The van der Waals surface area contributed by atoms with Gasteiger partial charge in [0.1, 0.15) is 6.10 Å². The molecule has 0 aliphatic rings. The van der Waals surface area contributed by atoms with Crippen molar-refractivity contribution in [1.82, 2.24) is 0 Å². The Morgan fingerprint density at radius 2 is 2.00 bits per heavy atom. The Morgan fingerprint density at radius 1 is 1.62 bits per heavy atom. The Morgan fingerprint density at radius 3 is 2.00 bits per heavy atom. The third kappa shape index (κ3) is 8.94. The van der Waals surface area contributed by atoms with E-state index in [4.69, 9.17) is 10.2 Å². The summed E-state index contributed by atoms with van der Waals surface area (Å²) in [6.07, 6.45) is 7.09. The van der Waals surface area contributed by atoms with Crippen LogP contribution in [0.3, 0.4) is 0 Å². The summed E-state index contributed by atoms with van der Waals surface area (Å²) < 4.78 is 0. The summed E-state index contributed by atoms with van der Waals surface area (Å²) in [4.78, 5) is 9.33.